The first kappa shape index (κ1) is 9.78. The topological polar surface area (TPSA) is 18.5 Å². The van der Waals surface area contributed by atoms with Crippen molar-refractivity contribution in [2.45, 2.75) is 11.7 Å². The quantitative estimate of drug-likeness (QED) is 0.629. The molecule has 0 spiro atoms. The van der Waals surface area contributed by atoms with E-state index in [0.717, 1.165) is 0 Å². The molecule has 0 amide bonds. The predicted molar refractivity (Wildman–Crippen MR) is 49.5 cm³/mol. The number of methoxy groups -OCH3 is 2. The van der Waals surface area contributed by atoms with Crippen LogP contribution in [0.1, 0.15) is 0 Å². The molecule has 0 aromatic carbocycles. The van der Waals surface area contributed by atoms with Crippen molar-refractivity contribution in [3.05, 3.63) is 24.3 Å². The molecule has 0 saturated heterocycles. The number of halogens is 1. The normalized spacial score (nSPS) is 34.1. The summed E-state index contributed by atoms with van der Waals surface area (Å²) in [6, 6.07) is 0. The average molecular weight is 189 g/mol. The molecule has 0 bridgehead atoms. The Hall–Kier alpha value is -0.310. The fraction of sp³-hybridized carbons (Fsp3) is 0.556. The van der Waals surface area contributed by atoms with E-state index in [1.807, 2.05) is 24.3 Å². The number of ether oxygens (including phenoxy) is 2. The Kier molecular flexibility index (Phi) is 3.32. The molecule has 0 radical (unpaired) electrons. The molecule has 0 aromatic rings. The summed E-state index contributed by atoms with van der Waals surface area (Å²) in [5.74, 6) is 0.392. The average Bonchev–Trinajstić information content (AvgIpc) is 2.17. The van der Waals surface area contributed by atoms with Crippen molar-refractivity contribution in [3.63, 3.8) is 0 Å². The van der Waals surface area contributed by atoms with Crippen LogP contribution in [0.25, 0.3) is 0 Å². The SMILES string of the molecule is COC1C=CC=CC1(CCl)OC. The highest BCUT2D eigenvalue weighted by atomic mass is 35.5. The van der Waals surface area contributed by atoms with Gasteiger partial charge in [0.05, 0.1) is 5.88 Å². The van der Waals surface area contributed by atoms with E-state index in [-0.39, 0.29) is 6.10 Å². The summed E-state index contributed by atoms with van der Waals surface area (Å²) < 4.78 is 10.6. The molecule has 0 fully saturated rings. The van der Waals surface area contributed by atoms with Gasteiger partial charge in [-0.05, 0) is 6.08 Å². The minimum atomic E-state index is -0.495. The van der Waals surface area contributed by atoms with E-state index in [0.29, 0.717) is 5.88 Å². The highest BCUT2D eigenvalue weighted by molar-refractivity contribution is 6.18. The fourth-order valence-electron chi connectivity index (χ4n) is 1.28. The van der Waals surface area contributed by atoms with E-state index in [2.05, 4.69) is 0 Å². The minimum Gasteiger partial charge on any atom is -0.374 e. The van der Waals surface area contributed by atoms with Gasteiger partial charge in [0.1, 0.15) is 11.7 Å². The summed E-state index contributed by atoms with van der Waals surface area (Å²) in [6.07, 6.45) is 7.62. The van der Waals surface area contributed by atoms with Gasteiger partial charge in [-0.1, -0.05) is 18.2 Å². The number of hydrogen-bond donors (Lipinski definition) is 0. The third kappa shape index (κ3) is 1.56. The molecule has 12 heavy (non-hydrogen) atoms. The first-order chi connectivity index (χ1) is 5.79. The van der Waals surface area contributed by atoms with Crippen LogP contribution in [-0.4, -0.2) is 31.8 Å². The Morgan fingerprint density at radius 2 is 2.17 bits per heavy atom. The summed E-state index contributed by atoms with van der Waals surface area (Å²) in [4.78, 5) is 0. The number of allylic oxidation sites excluding steroid dienone is 2. The molecule has 0 aliphatic heterocycles. The minimum absolute atomic E-state index is 0.0926. The highest BCUT2D eigenvalue weighted by Crippen LogP contribution is 2.25. The monoisotopic (exact) mass is 188 g/mol. The Morgan fingerprint density at radius 3 is 2.58 bits per heavy atom. The highest BCUT2D eigenvalue weighted by Gasteiger charge is 2.35. The van der Waals surface area contributed by atoms with Crippen LogP contribution in [0.5, 0.6) is 0 Å². The predicted octanol–water partition coefficient (Wildman–Crippen LogP) is 1.75. The van der Waals surface area contributed by atoms with Gasteiger partial charge in [-0.25, -0.2) is 0 Å². The Bertz CT molecular complexity index is 195. The summed E-state index contributed by atoms with van der Waals surface area (Å²) in [6.45, 7) is 0. The number of alkyl halides is 1. The number of rotatable bonds is 3. The lowest BCUT2D eigenvalue weighted by Crippen LogP contribution is -2.45. The van der Waals surface area contributed by atoms with E-state index >= 15 is 0 Å². The Labute approximate surface area is 77.8 Å². The van der Waals surface area contributed by atoms with Crippen molar-refractivity contribution in [2.24, 2.45) is 0 Å². The van der Waals surface area contributed by atoms with Crippen LogP contribution in [0.15, 0.2) is 24.3 Å². The molecule has 68 valence electrons. The Balaban J connectivity index is 2.84. The van der Waals surface area contributed by atoms with E-state index in [9.17, 15) is 0 Å². The van der Waals surface area contributed by atoms with E-state index < -0.39 is 5.60 Å². The molecule has 0 aromatic heterocycles. The second kappa shape index (κ2) is 4.08. The van der Waals surface area contributed by atoms with Crippen molar-refractivity contribution in [1.82, 2.24) is 0 Å². The zero-order chi connectivity index (χ0) is 9.03. The zero-order valence-electron chi connectivity index (χ0n) is 7.29. The molecule has 0 N–H and O–H groups in total. The molecule has 1 aliphatic carbocycles. The van der Waals surface area contributed by atoms with Gasteiger partial charge < -0.3 is 9.47 Å². The van der Waals surface area contributed by atoms with Crippen molar-refractivity contribution in [3.8, 4) is 0 Å². The van der Waals surface area contributed by atoms with Gasteiger partial charge in [0, 0.05) is 14.2 Å². The molecule has 1 rings (SSSR count). The molecule has 2 atom stereocenters. The molecule has 1 aliphatic rings. The van der Waals surface area contributed by atoms with Crippen LogP contribution < -0.4 is 0 Å². The van der Waals surface area contributed by atoms with Gasteiger partial charge in [0.15, 0.2) is 0 Å². The van der Waals surface area contributed by atoms with Crippen LogP contribution >= 0.6 is 11.6 Å². The van der Waals surface area contributed by atoms with Crippen molar-refractivity contribution in [1.29, 1.82) is 0 Å². The van der Waals surface area contributed by atoms with Gasteiger partial charge in [-0.15, -0.1) is 11.6 Å². The van der Waals surface area contributed by atoms with Crippen LogP contribution in [0.4, 0.5) is 0 Å². The van der Waals surface area contributed by atoms with E-state index in [1.165, 1.54) is 0 Å². The molecular formula is C9H13ClO2. The summed E-state index contributed by atoms with van der Waals surface area (Å²) in [5, 5.41) is 0. The van der Waals surface area contributed by atoms with Gasteiger partial charge >= 0.3 is 0 Å². The van der Waals surface area contributed by atoms with Crippen LogP contribution in [0.3, 0.4) is 0 Å². The van der Waals surface area contributed by atoms with Gasteiger partial charge in [-0.2, -0.15) is 0 Å². The second-order valence-electron chi connectivity index (χ2n) is 2.69. The third-order valence-corrected chi connectivity index (χ3v) is 2.52. The summed E-state index contributed by atoms with van der Waals surface area (Å²) >= 11 is 5.82. The molecule has 0 heterocycles. The van der Waals surface area contributed by atoms with Crippen LogP contribution in [0.2, 0.25) is 0 Å². The van der Waals surface area contributed by atoms with Gasteiger partial charge in [0.2, 0.25) is 0 Å². The lowest BCUT2D eigenvalue weighted by atomic mass is 9.94. The maximum Gasteiger partial charge on any atom is 0.129 e. The standard InChI is InChI=1S/C9H13ClO2/c1-11-8-5-3-4-6-9(8,7-10)12-2/h3-6,8H,7H2,1-2H3. The first-order valence-corrected chi connectivity index (χ1v) is 4.32. The molecular weight excluding hydrogens is 176 g/mol. The number of hydrogen-bond acceptors (Lipinski definition) is 2. The van der Waals surface area contributed by atoms with Gasteiger partial charge in [-0.3, -0.25) is 0 Å². The summed E-state index contributed by atoms with van der Waals surface area (Å²) in [5.41, 5.74) is -0.495. The first-order valence-electron chi connectivity index (χ1n) is 3.79. The van der Waals surface area contributed by atoms with E-state index in [1.54, 1.807) is 14.2 Å². The van der Waals surface area contributed by atoms with Crippen molar-refractivity contribution in [2.75, 3.05) is 20.1 Å². The second-order valence-corrected chi connectivity index (χ2v) is 2.96. The zero-order valence-corrected chi connectivity index (χ0v) is 8.04. The third-order valence-electron chi connectivity index (χ3n) is 2.10. The smallest absolute Gasteiger partial charge is 0.129 e. The van der Waals surface area contributed by atoms with Gasteiger partial charge in [0.25, 0.3) is 0 Å². The largest absolute Gasteiger partial charge is 0.374 e. The summed E-state index contributed by atoms with van der Waals surface area (Å²) in [7, 11) is 3.28. The van der Waals surface area contributed by atoms with Crippen LogP contribution in [-0.2, 0) is 9.47 Å². The van der Waals surface area contributed by atoms with Crippen molar-refractivity contribution < 1.29 is 9.47 Å². The maximum absolute atomic E-state index is 5.82. The van der Waals surface area contributed by atoms with Crippen LogP contribution in [0, 0.1) is 0 Å². The maximum atomic E-state index is 5.82. The molecule has 2 nitrogen and oxygen atoms in total. The van der Waals surface area contributed by atoms with Crippen molar-refractivity contribution >= 4 is 11.6 Å². The fourth-order valence-corrected chi connectivity index (χ4v) is 1.63. The molecule has 3 heteroatoms. The lowest BCUT2D eigenvalue weighted by Gasteiger charge is -2.34. The molecule has 0 saturated carbocycles. The Morgan fingerprint density at radius 1 is 1.42 bits per heavy atom. The van der Waals surface area contributed by atoms with E-state index in [4.69, 9.17) is 21.1 Å². The lowest BCUT2D eigenvalue weighted by molar-refractivity contribution is -0.0519. The molecule has 2 unspecified atom stereocenters.